The lowest BCUT2D eigenvalue weighted by atomic mass is 10.2. The highest BCUT2D eigenvalue weighted by atomic mass is 35.5. The molecule has 5 nitrogen and oxygen atoms in total. The van der Waals surface area contributed by atoms with Crippen molar-refractivity contribution >= 4 is 23.1 Å². The number of carbonyl (C=O) groups is 1. The van der Waals surface area contributed by atoms with Crippen molar-refractivity contribution in [3.8, 4) is 11.4 Å². The quantitative estimate of drug-likeness (QED) is 0.737. The van der Waals surface area contributed by atoms with E-state index < -0.39 is 0 Å². The van der Waals surface area contributed by atoms with E-state index in [0.29, 0.717) is 10.8 Å². The van der Waals surface area contributed by atoms with Gasteiger partial charge in [0.25, 0.3) is 0 Å². The van der Waals surface area contributed by atoms with Gasteiger partial charge in [0.15, 0.2) is 11.6 Å². The van der Waals surface area contributed by atoms with E-state index in [1.165, 1.54) is 6.92 Å². The number of anilines is 1. The molecule has 0 bridgehead atoms. The molecule has 1 heterocycles. The molecule has 3 aromatic rings. The number of halogens is 1. The van der Waals surface area contributed by atoms with Crippen molar-refractivity contribution in [3.05, 3.63) is 64.9 Å². The molecule has 3 rings (SSSR count). The Morgan fingerprint density at radius 3 is 2.30 bits per heavy atom. The molecule has 0 unspecified atom stereocenters. The first kappa shape index (κ1) is 15.2. The fourth-order valence-electron chi connectivity index (χ4n) is 2.16. The number of nitrogens with zero attached hydrogens (tertiary/aromatic N) is 3. The van der Waals surface area contributed by atoms with Gasteiger partial charge in [-0.2, -0.15) is 0 Å². The molecule has 0 aliphatic carbocycles. The summed E-state index contributed by atoms with van der Waals surface area (Å²) >= 11 is 5.93. The van der Waals surface area contributed by atoms with E-state index >= 15 is 0 Å². The Labute approximate surface area is 138 Å². The Morgan fingerprint density at radius 2 is 1.70 bits per heavy atom. The van der Waals surface area contributed by atoms with Gasteiger partial charge < -0.3 is 0 Å². The molecule has 0 amide bonds. The van der Waals surface area contributed by atoms with Crippen molar-refractivity contribution in [1.82, 2.24) is 14.9 Å². The minimum Gasteiger partial charge on any atom is -0.291 e. The molecule has 6 heteroatoms. The van der Waals surface area contributed by atoms with Gasteiger partial charge in [0, 0.05) is 17.5 Å². The Bertz CT molecular complexity index is 838. The van der Waals surface area contributed by atoms with Crippen LogP contribution in [0.25, 0.3) is 11.4 Å². The highest BCUT2D eigenvalue weighted by Crippen LogP contribution is 2.21. The number of ketones is 1. The Balaban J connectivity index is 2.05. The monoisotopic (exact) mass is 326 g/mol. The molecule has 0 fully saturated rings. The van der Waals surface area contributed by atoms with E-state index in [4.69, 9.17) is 11.6 Å². The van der Waals surface area contributed by atoms with Crippen LogP contribution in [0.4, 0.5) is 5.69 Å². The fraction of sp³-hybridized carbons (Fsp3) is 0.118. The maximum atomic E-state index is 11.8. The van der Waals surface area contributed by atoms with Gasteiger partial charge in [-0.15, -0.1) is 10.2 Å². The predicted molar refractivity (Wildman–Crippen MR) is 90.7 cm³/mol. The second-order valence-electron chi connectivity index (χ2n) is 5.22. The number of hydrogen-bond acceptors (Lipinski definition) is 4. The van der Waals surface area contributed by atoms with Crippen LogP contribution < -0.4 is 5.43 Å². The second-order valence-corrected chi connectivity index (χ2v) is 5.66. The van der Waals surface area contributed by atoms with Crippen molar-refractivity contribution in [2.45, 2.75) is 13.8 Å². The van der Waals surface area contributed by atoms with Gasteiger partial charge in [0.05, 0.1) is 5.69 Å². The number of hydrogen-bond donors (Lipinski definition) is 1. The number of benzene rings is 2. The van der Waals surface area contributed by atoms with E-state index in [1.807, 2.05) is 43.3 Å². The highest BCUT2D eigenvalue weighted by Gasteiger charge is 2.17. The molecule has 1 aromatic heterocycles. The van der Waals surface area contributed by atoms with Gasteiger partial charge in [0.2, 0.25) is 5.82 Å². The molecular weight excluding hydrogens is 312 g/mol. The van der Waals surface area contributed by atoms with Crippen molar-refractivity contribution in [2.24, 2.45) is 0 Å². The molecule has 2 aromatic carbocycles. The standard InChI is InChI=1S/C17H15ClN4O/c1-11-3-9-15(10-4-11)21-22-16(12(2)23)19-20-17(22)13-5-7-14(18)8-6-13/h3-10,21H,1-2H3. The van der Waals surface area contributed by atoms with E-state index in [9.17, 15) is 4.79 Å². The molecule has 1 N–H and O–H groups in total. The maximum Gasteiger partial charge on any atom is 0.219 e. The molecule has 0 atom stereocenters. The van der Waals surface area contributed by atoms with E-state index in [-0.39, 0.29) is 11.6 Å². The van der Waals surface area contributed by atoms with Gasteiger partial charge in [-0.05, 0) is 43.3 Å². The minimum atomic E-state index is -0.169. The molecule has 0 saturated heterocycles. The van der Waals surface area contributed by atoms with Crippen LogP contribution >= 0.6 is 11.6 Å². The van der Waals surface area contributed by atoms with E-state index in [1.54, 1.807) is 16.8 Å². The van der Waals surface area contributed by atoms with Gasteiger partial charge >= 0.3 is 0 Å². The molecule has 0 aliphatic rings. The van der Waals surface area contributed by atoms with Crippen molar-refractivity contribution in [2.75, 3.05) is 5.43 Å². The average Bonchev–Trinajstić information content (AvgIpc) is 2.94. The largest absolute Gasteiger partial charge is 0.291 e. The molecular formula is C17H15ClN4O. The number of Topliss-reactive ketones (excluding diaryl/α,β-unsaturated/α-hetero) is 1. The lowest BCUT2D eigenvalue weighted by Gasteiger charge is -2.12. The van der Waals surface area contributed by atoms with Crippen LogP contribution in [0, 0.1) is 6.92 Å². The summed E-state index contributed by atoms with van der Waals surface area (Å²) in [6.07, 6.45) is 0. The van der Waals surface area contributed by atoms with E-state index in [0.717, 1.165) is 16.8 Å². The third kappa shape index (κ3) is 3.24. The Morgan fingerprint density at radius 1 is 1.04 bits per heavy atom. The van der Waals surface area contributed by atoms with Crippen LogP contribution in [0.5, 0.6) is 0 Å². The molecule has 0 saturated carbocycles. The van der Waals surface area contributed by atoms with Crippen molar-refractivity contribution < 1.29 is 4.79 Å². The average molecular weight is 327 g/mol. The van der Waals surface area contributed by atoms with Gasteiger partial charge in [0.1, 0.15) is 0 Å². The van der Waals surface area contributed by atoms with Crippen LogP contribution in [0.3, 0.4) is 0 Å². The van der Waals surface area contributed by atoms with Crippen LogP contribution in [-0.4, -0.2) is 20.7 Å². The first-order valence-electron chi connectivity index (χ1n) is 7.10. The second kappa shape index (κ2) is 6.22. The van der Waals surface area contributed by atoms with Crippen molar-refractivity contribution in [1.29, 1.82) is 0 Å². The fourth-order valence-corrected chi connectivity index (χ4v) is 2.29. The maximum absolute atomic E-state index is 11.8. The first-order chi connectivity index (χ1) is 11.0. The summed E-state index contributed by atoms with van der Waals surface area (Å²) in [5, 5.41) is 8.77. The first-order valence-corrected chi connectivity index (χ1v) is 7.48. The number of rotatable bonds is 4. The topological polar surface area (TPSA) is 59.8 Å². The molecule has 23 heavy (non-hydrogen) atoms. The van der Waals surface area contributed by atoms with Crippen LogP contribution in [0.15, 0.2) is 48.5 Å². The minimum absolute atomic E-state index is 0.169. The van der Waals surface area contributed by atoms with Crippen LogP contribution in [0.1, 0.15) is 23.1 Å². The Kier molecular flexibility index (Phi) is 4.12. The molecule has 0 aliphatic heterocycles. The zero-order chi connectivity index (χ0) is 16.4. The number of carbonyl (C=O) groups excluding carboxylic acids is 1. The predicted octanol–water partition coefficient (Wildman–Crippen LogP) is 3.98. The van der Waals surface area contributed by atoms with E-state index in [2.05, 4.69) is 15.6 Å². The molecule has 0 radical (unpaired) electrons. The molecule has 116 valence electrons. The smallest absolute Gasteiger partial charge is 0.219 e. The molecule has 0 spiro atoms. The summed E-state index contributed by atoms with van der Waals surface area (Å²) in [5.41, 5.74) is 5.99. The third-order valence-corrected chi connectivity index (χ3v) is 3.62. The lowest BCUT2D eigenvalue weighted by Crippen LogP contribution is -2.16. The van der Waals surface area contributed by atoms with Crippen LogP contribution in [0.2, 0.25) is 5.02 Å². The van der Waals surface area contributed by atoms with Gasteiger partial charge in [-0.3, -0.25) is 10.2 Å². The SMILES string of the molecule is CC(=O)c1nnc(-c2ccc(Cl)cc2)n1Nc1ccc(C)cc1. The summed E-state index contributed by atoms with van der Waals surface area (Å²) in [6.45, 7) is 3.48. The summed E-state index contributed by atoms with van der Waals surface area (Å²) in [4.78, 5) is 11.8. The third-order valence-electron chi connectivity index (χ3n) is 3.37. The van der Waals surface area contributed by atoms with Crippen molar-refractivity contribution in [3.63, 3.8) is 0 Å². The number of aryl methyl sites for hydroxylation is 1. The highest BCUT2D eigenvalue weighted by molar-refractivity contribution is 6.30. The zero-order valence-corrected chi connectivity index (χ0v) is 13.5. The lowest BCUT2D eigenvalue weighted by molar-refractivity contribution is 0.100. The van der Waals surface area contributed by atoms with Crippen LogP contribution in [-0.2, 0) is 0 Å². The summed E-state index contributed by atoms with van der Waals surface area (Å²) < 4.78 is 1.59. The van der Waals surface area contributed by atoms with Gasteiger partial charge in [-0.1, -0.05) is 29.3 Å². The zero-order valence-electron chi connectivity index (χ0n) is 12.7. The van der Waals surface area contributed by atoms with Gasteiger partial charge in [-0.25, -0.2) is 4.68 Å². The normalized spacial score (nSPS) is 10.6. The summed E-state index contributed by atoms with van der Waals surface area (Å²) in [5.74, 6) is 0.625. The summed E-state index contributed by atoms with van der Waals surface area (Å²) in [6, 6.07) is 15.1. The number of aromatic nitrogens is 3. The number of nitrogens with one attached hydrogen (secondary N) is 1. The summed E-state index contributed by atoms with van der Waals surface area (Å²) in [7, 11) is 0. The Hall–Kier alpha value is -2.66.